The second-order valence-corrected chi connectivity index (χ2v) is 6.14. The van der Waals surface area contributed by atoms with Gasteiger partial charge in [-0.1, -0.05) is 59.8 Å². The van der Waals surface area contributed by atoms with Crippen LogP contribution in [0.2, 0.25) is 0 Å². The normalized spacial score (nSPS) is 12.4. The molecule has 2 aromatic carbocycles. The average Bonchev–Trinajstić information content (AvgIpc) is 3.06. The Labute approximate surface area is 140 Å². The van der Waals surface area contributed by atoms with Crippen LogP contribution in [-0.2, 0) is 19.4 Å². The number of hydrogen-bond donors (Lipinski definition) is 0. The topological polar surface area (TPSA) is 46.3 Å². The Balaban J connectivity index is 1.62. The zero-order valence-corrected chi connectivity index (χ0v) is 13.5. The summed E-state index contributed by atoms with van der Waals surface area (Å²) in [6, 6.07) is 18.1. The van der Waals surface area contributed by atoms with Crippen molar-refractivity contribution < 1.29 is 9.32 Å². The van der Waals surface area contributed by atoms with Gasteiger partial charge in [-0.3, -0.25) is 4.79 Å². The van der Waals surface area contributed by atoms with Gasteiger partial charge in [0.05, 0.1) is 0 Å². The number of aromatic nitrogens is 1. The van der Waals surface area contributed by atoms with Gasteiger partial charge in [0.25, 0.3) is 5.91 Å². The average molecular weight is 318 g/mol. The summed E-state index contributed by atoms with van der Waals surface area (Å²) in [4.78, 5) is 14.5. The van der Waals surface area contributed by atoms with Crippen molar-refractivity contribution in [3.05, 3.63) is 77.0 Å². The number of fused-ring (bicyclic) bond motifs is 3. The predicted octanol–water partition coefficient (Wildman–Crippen LogP) is 3.71. The van der Waals surface area contributed by atoms with Crippen molar-refractivity contribution in [2.75, 3.05) is 7.05 Å². The summed E-state index contributed by atoms with van der Waals surface area (Å²) >= 11 is 0. The first-order chi connectivity index (χ1) is 11.7. The van der Waals surface area contributed by atoms with Crippen molar-refractivity contribution in [1.82, 2.24) is 10.1 Å². The molecule has 0 N–H and O–H groups in total. The summed E-state index contributed by atoms with van der Waals surface area (Å²) in [6.45, 7) is 0.553. The first-order valence-electron chi connectivity index (χ1n) is 8.10. The van der Waals surface area contributed by atoms with Crippen LogP contribution in [0.25, 0.3) is 11.3 Å². The van der Waals surface area contributed by atoms with Crippen LogP contribution in [0.1, 0.15) is 27.2 Å². The lowest BCUT2D eigenvalue weighted by atomic mass is 9.89. The van der Waals surface area contributed by atoms with Gasteiger partial charge < -0.3 is 9.42 Å². The lowest BCUT2D eigenvalue weighted by molar-refractivity contribution is 0.0774. The number of benzene rings is 2. The second kappa shape index (κ2) is 5.96. The van der Waals surface area contributed by atoms with Crippen molar-refractivity contribution in [3.8, 4) is 11.3 Å². The molecule has 1 aliphatic rings. The summed E-state index contributed by atoms with van der Waals surface area (Å²) in [6.07, 6.45) is 1.70. The fraction of sp³-hybridized carbons (Fsp3) is 0.200. The fourth-order valence-corrected chi connectivity index (χ4v) is 3.25. The highest BCUT2D eigenvalue weighted by Crippen LogP contribution is 2.35. The molecule has 0 aliphatic heterocycles. The third-order valence-corrected chi connectivity index (χ3v) is 4.51. The van der Waals surface area contributed by atoms with E-state index in [2.05, 4.69) is 11.2 Å². The standard InChI is InChI=1S/C20H18N2O2/c1-22(13-14-7-3-2-4-8-14)20(23)18-17-12-11-15-9-5-6-10-16(15)19(17)24-21-18/h2-10H,11-13H2,1H3. The zero-order chi connectivity index (χ0) is 16.5. The quantitative estimate of drug-likeness (QED) is 0.739. The van der Waals surface area contributed by atoms with E-state index in [0.29, 0.717) is 12.2 Å². The van der Waals surface area contributed by atoms with Crippen LogP contribution in [0.5, 0.6) is 0 Å². The van der Waals surface area contributed by atoms with Crippen molar-refractivity contribution >= 4 is 5.91 Å². The molecule has 4 heteroatoms. The molecule has 0 radical (unpaired) electrons. The van der Waals surface area contributed by atoms with Crippen molar-refractivity contribution in [2.45, 2.75) is 19.4 Å². The number of carbonyl (C=O) groups is 1. The molecule has 1 aliphatic carbocycles. The van der Waals surface area contributed by atoms with Crippen molar-refractivity contribution in [2.24, 2.45) is 0 Å². The maximum Gasteiger partial charge on any atom is 0.276 e. The van der Waals surface area contributed by atoms with Crippen LogP contribution in [-0.4, -0.2) is 23.0 Å². The second-order valence-electron chi connectivity index (χ2n) is 6.14. The van der Waals surface area contributed by atoms with Gasteiger partial charge in [-0.2, -0.15) is 0 Å². The first-order valence-corrected chi connectivity index (χ1v) is 8.10. The van der Waals surface area contributed by atoms with Gasteiger partial charge >= 0.3 is 0 Å². The number of nitrogens with zero attached hydrogens (tertiary/aromatic N) is 2. The third-order valence-electron chi connectivity index (χ3n) is 4.51. The van der Waals surface area contributed by atoms with E-state index in [9.17, 15) is 4.79 Å². The first kappa shape index (κ1) is 14.7. The summed E-state index contributed by atoms with van der Waals surface area (Å²) in [5.41, 5.74) is 4.77. The Hall–Kier alpha value is -2.88. The highest BCUT2D eigenvalue weighted by molar-refractivity contribution is 5.95. The minimum atomic E-state index is -0.0942. The summed E-state index contributed by atoms with van der Waals surface area (Å²) < 4.78 is 5.54. The molecular weight excluding hydrogens is 300 g/mol. The summed E-state index contributed by atoms with van der Waals surface area (Å²) in [5, 5.41) is 4.09. The predicted molar refractivity (Wildman–Crippen MR) is 91.6 cm³/mol. The minimum Gasteiger partial charge on any atom is -0.355 e. The lowest BCUT2D eigenvalue weighted by Crippen LogP contribution is -2.27. The summed E-state index contributed by atoms with van der Waals surface area (Å²) in [7, 11) is 1.80. The van der Waals surface area contributed by atoms with Gasteiger partial charge in [0.15, 0.2) is 11.5 Å². The highest BCUT2D eigenvalue weighted by atomic mass is 16.5. The molecule has 120 valence electrons. The highest BCUT2D eigenvalue weighted by Gasteiger charge is 2.28. The summed E-state index contributed by atoms with van der Waals surface area (Å²) in [5.74, 6) is 0.650. The Kier molecular flexibility index (Phi) is 3.65. The smallest absolute Gasteiger partial charge is 0.276 e. The van der Waals surface area contributed by atoms with Gasteiger partial charge in [-0.05, 0) is 24.0 Å². The van der Waals surface area contributed by atoms with E-state index in [1.807, 2.05) is 48.5 Å². The SMILES string of the molecule is CN(Cc1ccccc1)C(=O)c1noc2c1CCc1ccccc1-2. The molecule has 0 saturated carbocycles. The maximum atomic E-state index is 12.8. The van der Waals surface area contributed by atoms with Crippen LogP contribution in [0.3, 0.4) is 0 Å². The van der Waals surface area contributed by atoms with E-state index < -0.39 is 0 Å². The molecule has 0 spiro atoms. The Bertz CT molecular complexity index is 884. The minimum absolute atomic E-state index is 0.0942. The molecule has 24 heavy (non-hydrogen) atoms. The fourth-order valence-electron chi connectivity index (χ4n) is 3.25. The molecule has 0 fully saturated rings. The zero-order valence-electron chi connectivity index (χ0n) is 13.5. The molecule has 1 aromatic heterocycles. The molecule has 4 rings (SSSR count). The molecule has 0 unspecified atom stereocenters. The monoisotopic (exact) mass is 318 g/mol. The largest absolute Gasteiger partial charge is 0.355 e. The number of amides is 1. The van der Waals surface area contributed by atoms with Crippen LogP contribution in [0, 0.1) is 0 Å². The number of rotatable bonds is 3. The number of aryl methyl sites for hydroxylation is 1. The molecular formula is C20H18N2O2. The molecule has 0 bridgehead atoms. The lowest BCUT2D eigenvalue weighted by Gasteiger charge is -2.18. The van der Waals surface area contributed by atoms with Crippen LogP contribution >= 0.6 is 0 Å². The molecule has 3 aromatic rings. The van der Waals surface area contributed by atoms with Crippen LogP contribution in [0.15, 0.2) is 59.1 Å². The van der Waals surface area contributed by atoms with Crippen molar-refractivity contribution in [1.29, 1.82) is 0 Å². The van der Waals surface area contributed by atoms with Crippen molar-refractivity contribution in [3.63, 3.8) is 0 Å². The van der Waals surface area contributed by atoms with Gasteiger partial charge in [0, 0.05) is 24.7 Å². The Morgan fingerprint density at radius 3 is 2.67 bits per heavy atom. The Morgan fingerprint density at radius 2 is 1.83 bits per heavy atom. The van der Waals surface area contributed by atoms with E-state index in [-0.39, 0.29) is 5.91 Å². The number of carbonyl (C=O) groups excluding carboxylic acids is 1. The molecule has 0 saturated heterocycles. The van der Waals surface area contributed by atoms with Gasteiger partial charge in [0.1, 0.15) is 0 Å². The molecule has 4 nitrogen and oxygen atoms in total. The van der Waals surface area contributed by atoms with E-state index >= 15 is 0 Å². The maximum absolute atomic E-state index is 12.8. The molecule has 0 atom stereocenters. The van der Waals surface area contributed by atoms with E-state index in [0.717, 1.165) is 35.3 Å². The Morgan fingerprint density at radius 1 is 1.08 bits per heavy atom. The van der Waals surface area contributed by atoms with E-state index in [4.69, 9.17) is 4.52 Å². The molecule has 1 amide bonds. The van der Waals surface area contributed by atoms with Crippen LogP contribution < -0.4 is 0 Å². The van der Waals surface area contributed by atoms with Crippen LogP contribution in [0.4, 0.5) is 0 Å². The van der Waals surface area contributed by atoms with Gasteiger partial charge in [-0.15, -0.1) is 0 Å². The third kappa shape index (κ3) is 2.50. The van der Waals surface area contributed by atoms with Gasteiger partial charge in [-0.25, -0.2) is 0 Å². The van der Waals surface area contributed by atoms with E-state index in [1.54, 1.807) is 11.9 Å². The molecule has 1 heterocycles. The van der Waals surface area contributed by atoms with E-state index in [1.165, 1.54) is 5.56 Å². The number of hydrogen-bond acceptors (Lipinski definition) is 3. The van der Waals surface area contributed by atoms with Gasteiger partial charge in [0.2, 0.25) is 0 Å².